The molecule has 0 radical (unpaired) electrons. The first-order chi connectivity index (χ1) is 11.7. The number of hydrogen-bond acceptors (Lipinski definition) is 6. The van der Waals surface area contributed by atoms with Gasteiger partial charge in [0.25, 0.3) is 5.56 Å². The van der Waals surface area contributed by atoms with E-state index < -0.39 is 23.9 Å². The number of hydrogen-bond donors (Lipinski definition) is 4. The van der Waals surface area contributed by atoms with Gasteiger partial charge >= 0.3 is 6.09 Å². The third kappa shape index (κ3) is 5.27. The van der Waals surface area contributed by atoms with Crippen molar-refractivity contribution in [2.75, 3.05) is 6.54 Å². The van der Waals surface area contributed by atoms with Crippen molar-refractivity contribution >= 4 is 16.9 Å². The molecule has 1 heterocycles. The highest BCUT2D eigenvalue weighted by molar-refractivity contribution is 5.81. The second kappa shape index (κ2) is 7.62. The maximum absolute atomic E-state index is 11.6. The minimum Gasteiger partial charge on any atom is -0.444 e. The lowest BCUT2D eigenvalue weighted by molar-refractivity contribution is 0.0124. The summed E-state index contributed by atoms with van der Waals surface area (Å²) in [5.74, 6) is 0. The summed E-state index contributed by atoms with van der Waals surface area (Å²) in [5.41, 5.74) is -0.454. The second-order valence-corrected chi connectivity index (χ2v) is 6.78. The lowest BCUT2D eigenvalue weighted by atomic mass is 10.00. The summed E-state index contributed by atoms with van der Waals surface area (Å²) in [4.78, 5) is 23.2. The predicted molar refractivity (Wildman–Crippen MR) is 92.2 cm³/mol. The second-order valence-electron chi connectivity index (χ2n) is 6.78. The number of ether oxygens (including phenoxy) is 1. The van der Waals surface area contributed by atoms with Gasteiger partial charge in [0.05, 0.1) is 17.7 Å². The van der Waals surface area contributed by atoms with E-state index in [-0.39, 0.29) is 18.5 Å². The Kier molecular flexibility index (Phi) is 5.76. The molecule has 0 aliphatic carbocycles. The molecule has 0 fully saturated rings. The molecule has 2 rings (SSSR count). The first-order valence-corrected chi connectivity index (χ1v) is 7.98. The summed E-state index contributed by atoms with van der Waals surface area (Å²) in [6.07, 6.45) is -1.19. The van der Waals surface area contributed by atoms with Crippen molar-refractivity contribution in [1.82, 2.24) is 15.5 Å². The van der Waals surface area contributed by atoms with Crippen LogP contribution in [0.25, 0.3) is 10.8 Å². The number of nitrogens with one attached hydrogen (secondary N) is 2. The minimum atomic E-state index is -1.15. The Morgan fingerprint density at radius 1 is 1.36 bits per heavy atom. The summed E-state index contributed by atoms with van der Waals surface area (Å²) in [6.45, 7) is 5.42. The minimum absolute atomic E-state index is 0.145. The number of fused-ring (bicyclic) bond motifs is 1. The summed E-state index contributed by atoms with van der Waals surface area (Å²) in [7, 11) is 0. The van der Waals surface area contributed by atoms with E-state index in [2.05, 4.69) is 15.5 Å². The van der Waals surface area contributed by atoms with Crippen molar-refractivity contribution in [1.29, 1.82) is 0 Å². The maximum Gasteiger partial charge on any atom is 0.407 e. The summed E-state index contributed by atoms with van der Waals surface area (Å²) >= 11 is 0. The lowest BCUT2D eigenvalue weighted by Gasteiger charge is -2.21. The number of alkyl carbamates (subject to hydrolysis) is 1. The summed E-state index contributed by atoms with van der Waals surface area (Å²) < 4.78 is 5.09. The first kappa shape index (κ1) is 18.9. The van der Waals surface area contributed by atoms with Gasteiger partial charge in [-0.3, -0.25) is 4.79 Å². The van der Waals surface area contributed by atoms with Crippen molar-refractivity contribution in [3.8, 4) is 0 Å². The number of benzene rings is 1. The first-order valence-electron chi connectivity index (χ1n) is 7.98. The number of amides is 1. The zero-order valence-electron chi connectivity index (χ0n) is 14.4. The molecule has 2 atom stereocenters. The average molecular weight is 349 g/mol. The van der Waals surface area contributed by atoms with Crippen LogP contribution in [-0.4, -0.2) is 44.8 Å². The Labute approximate surface area is 144 Å². The zero-order chi connectivity index (χ0) is 18.6. The monoisotopic (exact) mass is 349 g/mol. The van der Waals surface area contributed by atoms with Gasteiger partial charge in [-0.05, 0) is 44.9 Å². The molecule has 2 aromatic rings. The molecule has 8 heteroatoms. The van der Waals surface area contributed by atoms with Crippen LogP contribution in [0, 0.1) is 0 Å². The third-order valence-corrected chi connectivity index (χ3v) is 3.50. The number of H-pyrrole nitrogens is 1. The van der Waals surface area contributed by atoms with E-state index in [9.17, 15) is 19.8 Å². The third-order valence-electron chi connectivity index (χ3n) is 3.50. The molecule has 1 aromatic carbocycles. The molecule has 0 bridgehead atoms. The molecule has 1 amide bonds. The van der Waals surface area contributed by atoms with Crippen LogP contribution in [0.1, 0.15) is 38.9 Å². The molecule has 0 spiro atoms. The van der Waals surface area contributed by atoms with Crippen LogP contribution in [0.4, 0.5) is 4.79 Å². The van der Waals surface area contributed by atoms with Gasteiger partial charge in [0.2, 0.25) is 0 Å². The number of carbonyl (C=O) groups excluding carboxylic acids is 1. The number of aromatic amines is 1. The zero-order valence-corrected chi connectivity index (χ0v) is 14.4. The van der Waals surface area contributed by atoms with Crippen molar-refractivity contribution in [3.63, 3.8) is 0 Å². The Bertz CT molecular complexity index is 797. The van der Waals surface area contributed by atoms with Crippen LogP contribution >= 0.6 is 0 Å². The van der Waals surface area contributed by atoms with Gasteiger partial charge in [-0.1, -0.05) is 6.07 Å². The van der Waals surface area contributed by atoms with Crippen LogP contribution in [0.3, 0.4) is 0 Å². The fraction of sp³-hybridized carbons (Fsp3) is 0.471. The van der Waals surface area contributed by atoms with Crippen LogP contribution in [0.2, 0.25) is 0 Å². The van der Waals surface area contributed by atoms with Crippen molar-refractivity contribution in [2.24, 2.45) is 0 Å². The van der Waals surface area contributed by atoms with E-state index in [0.717, 1.165) is 0 Å². The molecule has 0 aliphatic heterocycles. The molecular weight excluding hydrogens is 326 g/mol. The van der Waals surface area contributed by atoms with Gasteiger partial charge < -0.3 is 20.3 Å². The molecule has 0 aliphatic rings. The van der Waals surface area contributed by atoms with Gasteiger partial charge in [0, 0.05) is 11.9 Å². The molecule has 8 nitrogen and oxygen atoms in total. The Hall–Kier alpha value is -2.45. The molecule has 136 valence electrons. The predicted octanol–water partition coefficient (Wildman–Crippen LogP) is 1.23. The molecule has 25 heavy (non-hydrogen) atoms. The molecule has 4 N–H and O–H groups in total. The highest BCUT2D eigenvalue weighted by Gasteiger charge is 2.20. The molecule has 0 saturated heterocycles. The Morgan fingerprint density at radius 3 is 2.76 bits per heavy atom. The van der Waals surface area contributed by atoms with Crippen LogP contribution in [-0.2, 0) is 4.74 Å². The Morgan fingerprint density at radius 2 is 2.08 bits per heavy atom. The van der Waals surface area contributed by atoms with Gasteiger partial charge in [-0.25, -0.2) is 9.89 Å². The van der Waals surface area contributed by atoms with Gasteiger partial charge in [0.1, 0.15) is 11.7 Å². The van der Waals surface area contributed by atoms with E-state index >= 15 is 0 Å². The number of rotatable bonds is 5. The van der Waals surface area contributed by atoms with Crippen LogP contribution < -0.4 is 10.9 Å². The molecular formula is C17H23N3O5. The van der Waals surface area contributed by atoms with Gasteiger partial charge in [0.15, 0.2) is 0 Å². The number of aliphatic hydroxyl groups is 2. The standard InChI is InChI=1S/C17H23N3O5/c1-17(2,3)25-16(24)18-7-6-13(21)14(22)10-4-5-12-11(8-10)9-19-20-15(12)23/h4-5,8-9,13-14,21-22H,6-7H2,1-3H3,(H,18,24)(H,20,23). The average Bonchev–Trinajstić information content (AvgIpc) is 2.52. The van der Waals surface area contributed by atoms with Gasteiger partial charge in [-0.15, -0.1) is 0 Å². The SMILES string of the molecule is CC(C)(C)OC(=O)NCCC(O)C(O)c1ccc2c(=O)[nH]ncc2c1. The van der Waals surface area contributed by atoms with E-state index in [1.807, 2.05) is 0 Å². The normalized spacial score (nSPS) is 14.1. The number of nitrogens with zero attached hydrogens (tertiary/aromatic N) is 1. The van der Waals surface area contributed by atoms with Crippen molar-refractivity contribution < 1.29 is 19.7 Å². The quantitative estimate of drug-likeness (QED) is 0.643. The van der Waals surface area contributed by atoms with E-state index in [4.69, 9.17) is 4.74 Å². The number of aromatic nitrogens is 2. The molecule has 1 aromatic heterocycles. The fourth-order valence-corrected chi connectivity index (χ4v) is 2.32. The van der Waals surface area contributed by atoms with Crippen molar-refractivity contribution in [3.05, 3.63) is 40.3 Å². The van der Waals surface area contributed by atoms with E-state index in [1.54, 1.807) is 39.0 Å². The molecule has 0 saturated carbocycles. The smallest absolute Gasteiger partial charge is 0.407 e. The van der Waals surface area contributed by atoms with Crippen LogP contribution in [0.15, 0.2) is 29.2 Å². The highest BCUT2D eigenvalue weighted by atomic mass is 16.6. The number of carbonyl (C=O) groups is 1. The van der Waals surface area contributed by atoms with E-state index in [0.29, 0.717) is 16.3 Å². The molecule has 2 unspecified atom stereocenters. The lowest BCUT2D eigenvalue weighted by Crippen LogP contribution is -2.34. The summed E-state index contributed by atoms with van der Waals surface area (Å²) in [6, 6.07) is 4.75. The summed E-state index contributed by atoms with van der Waals surface area (Å²) in [5, 5.41) is 30.0. The van der Waals surface area contributed by atoms with Gasteiger partial charge in [-0.2, -0.15) is 5.10 Å². The number of aliphatic hydroxyl groups excluding tert-OH is 2. The maximum atomic E-state index is 11.6. The topological polar surface area (TPSA) is 125 Å². The van der Waals surface area contributed by atoms with E-state index in [1.165, 1.54) is 6.20 Å². The largest absolute Gasteiger partial charge is 0.444 e. The Balaban J connectivity index is 1.95. The fourth-order valence-electron chi connectivity index (χ4n) is 2.32. The highest BCUT2D eigenvalue weighted by Crippen LogP contribution is 2.22. The van der Waals surface area contributed by atoms with Crippen molar-refractivity contribution in [2.45, 2.75) is 45.0 Å². The van der Waals surface area contributed by atoms with Crippen LogP contribution in [0.5, 0.6) is 0 Å².